The lowest BCUT2D eigenvalue weighted by atomic mass is 9.82. The van der Waals surface area contributed by atoms with Gasteiger partial charge in [-0.1, -0.05) is 13.0 Å². The number of piperidine rings is 1. The van der Waals surface area contributed by atoms with Crippen molar-refractivity contribution in [2.45, 2.75) is 71.1 Å². The van der Waals surface area contributed by atoms with Gasteiger partial charge < -0.3 is 24.0 Å². The molecule has 1 aromatic carbocycles. The summed E-state index contributed by atoms with van der Waals surface area (Å²) in [7, 11) is 3.30. The third-order valence-corrected chi connectivity index (χ3v) is 7.15. The predicted molar refractivity (Wildman–Crippen MR) is 129 cm³/mol. The second kappa shape index (κ2) is 8.71. The smallest absolute Gasteiger partial charge is 0.410 e. The monoisotopic (exact) mass is 471 g/mol. The molecule has 186 valence electrons. The quantitative estimate of drug-likeness (QED) is 0.637. The van der Waals surface area contributed by atoms with E-state index in [1.807, 2.05) is 49.6 Å². The van der Waals surface area contributed by atoms with Crippen molar-refractivity contribution >= 4 is 12.1 Å². The summed E-state index contributed by atoms with van der Waals surface area (Å²) >= 11 is 0. The second-order valence-electron chi connectivity index (χ2n) is 10.4. The molecule has 3 aliphatic rings. The van der Waals surface area contributed by atoms with Crippen molar-refractivity contribution in [3.63, 3.8) is 0 Å². The molecule has 0 bridgehead atoms. The number of ether oxygens (including phenoxy) is 3. The topological polar surface area (TPSA) is 71.6 Å². The molecule has 1 aromatic rings. The molecule has 1 spiro atoms. The summed E-state index contributed by atoms with van der Waals surface area (Å²) in [6, 6.07) is 3.92. The highest BCUT2D eigenvalue weighted by molar-refractivity contribution is 5.83. The number of urea groups is 1. The van der Waals surface area contributed by atoms with Gasteiger partial charge in [0, 0.05) is 42.9 Å². The van der Waals surface area contributed by atoms with Crippen molar-refractivity contribution in [2.24, 2.45) is 0 Å². The Morgan fingerprint density at radius 1 is 1.15 bits per heavy atom. The largest absolute Gasteiger partial charge is 0.497 e. The number of allylic oxidation sites excluding steroid dienone is 1. The molecular weight excluding hydrogens is 434 g/mol. The van der Waals surface area contributed by atoms with E-state index in [0.29, 0.717) is 44.8 Å². The van der Waals surface area contributed by atoms with Gasteiger partial charge in [0.1, 0.15) is 17.1 Å². The molecule has 34 heavy (non-hydrogen) atoms. The van der Waals surface area contributed by atoms with Crippen molar-refractivity contribution in [3.05, 3.63) is 35.0 Å². The highest BCUT2D eigenvalue weighted by atomic mass is 16.6. The van der Waals surface area contributed by atoms with Gasteiger partial charge in [0.05, 0.1) is 26.3 Å². The SMILES string of the molecule is CCN1C(=O)N2Cc3cc(OC)cc(OC)c3[C@H](C)C=C2C12CCN(C(=O)OC(C)(C)C)CC2. The van der Waals surface area contributed by atoms with E-state index < -0.39 is 11.1 Å². The summed E-state index contributed by atoms with van der Waals surface area (Å²) in [5, 5.41) is 0. The Bertz CT molecular complexity index is 1000. The van der Waals surface area contributed by atoms with Gasteiger partial charge in [-0.2, -0.15) is 0 Å². The van der Waals surface area contributed by atoms with Crippen LogP contribution >= 0.6 is 0 Å². The molecule has 3 aliphatic heterocycles. The molecule has 3 heterocycles. The molecule has 0 N–H and O–H groups in total. The van der Waals surface area contributed by atoms with E-state index in [0.717, 1.165) is 22.6 Å². The number of fused-ring (bicyclic) bond motifs is 3. The van der Waals surface area contributed by atoms with Gasteiger partial charge in [-0.3, -0.25) is 4.90 Å². The van der Waals surface area contributed by atoms with Gasteiger partial charge in [0.15, 0.2) is 0 Å². The molecule has 0 unspecified atom stereocenters. The zero-order valence-electron chi connectivity index (χ0n) is 21.4. The van der Waals surface area contributed by atoms with E-state index in [1.54, 1.807) is 19.1 Å². The molecule has 4 rings (SSSR count). The Kier molecular flexibility index (Phi) is 6.21. The fourth-order valence-electron chi connectivity index (χ4n) is 5.65. The van der Waals surface area contributed by atoms with Gasteiger partial charge in [-0.05, 0) is 52.2 Å². The minimum absolute atomic E-state index is 0.0151. The van der Waals surface area contributed by atoms with Gasteiger partial charge in [-0.15, -0.1) is 0 Å². The van der Waals surface area contributed by atoms with E-state index in [1.165, 1.54) is 0 Å². The third kappa shape index (κ3) is 3.97. The maximum absolute atomic E-state index is 13.7. The Hall–Kier alpha value is -2.90. The van der Waals surface area contributed by atoms with E-state index in [-0.39, 0.29) is 18.0 Å². The minimum Gasteiger partial charge on any atom is -0.497 e. The van der Waals surface area contributed by atoms with Crippen molar-refractivity contribution in [2.75, 3.05) is 33.9 Å². The molecule has 2 fully saturated rings. The molecule has 0 aromatic heterocycles. The zero-order chi connectivity index (χ0) is 24.8. The third-order valence-electron chi connectivity index (χ3n) is 7.15. The molecule has 8 nitrogen and oxygen atoms in total. The first kappa shape index (κ1) is 24.2. The summed E-state index contributed by atoms with van der Waals surface area (Å²) < 4.78 is 16.8. The molecule has 0 radical (unpaired) electrons. The summed E-state index contributed by atoms with van der Waals surface area (Å²) in [4.78, 5) is 32.0. The number of likely N-dealkylation sites (tertiary alicyclic amines) is 1. The Morgan fingerprint density at radius 2 is 1.82 bits per heavy atom. The first-order valence-electron chi connectivity index (χ1n) is 12.1. The number of amides is 3. The predicted octanol–water partition coefficient (Wildman–Crippen LogP) is 4.73. The number of carbonyl (C=O) groups is 2. The van der Waals surface area contributed by atoms with Crippen molar-refractivity contribution in [3.8, 4) is 11.5 Å². The van der Waals surface area contributed by atoms with Gasteiger partial charge in [0.25, 0.3) is 0 Å². The lowest BCUT2D eigenvalue weighted by molar-refractivity contribution is 0.0113. The standard InChI is InChI=1S/C26H37N3O5/c1-8-29-23(30)28-16-18-14-19(32-6)15-20(33-7)22(18)17(2)13-21(28)26(29)9-11-27(12-10-26)24(31)34-25(3,4)5/h13-15,17H,8-12,16H2,1-7H3/t17-/m1/s1. The maximum Gasteiger partial charge on any atom is 0.410 e. The summed E-state index contributed by atoms with van der Waals surface area (Å²) in [5.41, 5.74) is 2.18. The number of likely N-dealkylation sites (N-methyl/N-ethyl adjacent to an activating group) is 1. The van der Waals surface area contributed by atoms with Gasteiger partial charge in [-0.25, -0.2) is 9.59 Å². The summed E-state index contributed by atoms with van der Waals surface area (Å²) in [6.07, 6.45) is 3.28. The van der Waals surface area contributed by atoms with Crippen LogP contribution in [0, 0.1) is 0 Å². The normalized spacial score (nSPS) is 21.6. The Labute approximate surface area is 202 Å². The molecule has 8 heteroatoms. The number of benzene rings is 1. The van der Waals surface area contributed by atoms with E-state index in [4.69, 9.17) is 14.2 Å². The highest BCUT2D eigenvalue weighted by Gasteiger charge is 2.55. The number of nitrogens with zero attached hydrogens (tertiary/aromatic N) is 3. The first-order chi connectivity index (χ1) is 16.0. The first-order valence-corrected chi connectivity index (χ1v) is 12.1. The fraction of sp³-hybridized carbons (Fsp3) is 0.615. The number of methoxy groups -OCH3 is 2. The van der Waals surface area contributed by atoms with Crippen LogP contribution in [0.2, 0.25) is 0 Å². The van der Waals surface area contributed by atoms with Crippen LogP contribution in [0.25, 0.3) is 0 Å². The van der Waals surface area contributed by atoms with Crippen LogP contribution < -0.4 is 9.47 Å². The Morgan fingerprint density at radius 3 is 2.38 bits per heavy atom. The van der Waals surface area contributed by atoms with Crippen molar-refractivity contribution < 1.29 is 23.8 Å². The summed E-state index contributed by atoms with van der Waals surface area (Å²) in [6.45, 7) is 12.0. The van der Waals surface area contributed by atoms with Gasteiger partial charge >= 0.3 is 12.1 Å². The molecule has 2 saturated heterocycles. The minimum atomic E-state index is -0.535. The van der Waals surface area contributed by atoms with E-state index in [9.17, 15) is 9.59 Å². The molecule has 1 atom stereocenters. The summed E-state index contributed by atoms with van der Waals surface area (Å²) in [5.74, 6) is 1.54. The highest BCUT2D eigenvalue weighted by Crippen LogP contribution is 2.49. The molecule has 3 amide bonds. The van der Waals surface area contributed by atoms with Crippen molar-refractivity contribution in [1.29, 1.82) is 0 Å². The zero-order valence-corrected chi connectivity index (χ0v) is 21.4. The number of rotatable bonds is 3. The molecular formula is C26H37N3O5. The van der Waals surface area contributed by atoms with E-state index >= 15 is 0 Å². The number of carbonyl (C=O) groups excluding carboxylic acids is 2. The van der Waals surface area contributed by atoms with Crippen LogP contribution in [0.15, 0.2) is 23.9 Å². The lowest BCUT2D eigenvalue weighted by Crippen LogP contribution is -2.55. The van der Waals surface area contributed by atoms with Crippen LogP contribution in [0.5, 0.6) is 11.5 Å². The average Bonchev–Trinajstić information content (AvgIpc) is 2.89. The fourth-order valence-corrected chi connectivity index (χ4v) is 5.65. The van der Waals surface area contributed by atoms with Crippen LogP contribution in [0.3, 0.4) is 0 Å². The second-order valence-corrected chi connectivity index (χ2v) is 10.4. The molecule has 0 aliphatic carbocycles. The Balaban J connectivity index is 1.69. The van der Waals surface area contributed by atoms with Crippen LogP contribution in [0.4, 0.5) is 9.59 Å². The van der Waals surface area contributed by atoms with Crippen LogP contribution in [-0.4, -0.2) is 71.8 Å². The lowest BCUT2D eigenvalue weighted by Gasteiger charge is -2.44. The maximum atomic E-state index is 13.7. The number of hydrogen-bond donors (Lipinski definition) is 0. The average molecular weight is 472 g/mol. The number of hydrogen-bond acceptors (Lipinski definition) is 5. The molecule has 0 saturated carbocycles. The van der Waals surface area contributed by atoms with Gasteiger partial charge in [0.2, 0.25) is 0 Å². The van der Waals surface area contributed by atoms with Crippen LogP contribution in [0.1, 0.15) is 64.5 Å². The van der Waals surface area contributed by atoms with Crippen LogP contribution in [-0.2, 0) is 11.3 Å². The van der Waals surface area contributed by atoms with Crippen molar-refractivity contribution in [1.82, 2.24) is 14.7 Å². The van der Waals surface area contributed by atoms with E-state index in [2.05, 4.69) is 13.0 Å².